The average molecular weight is 337 g/mol. The second-order valence-corrected chi connectivity index (χ2v) is 6.66. The first-order valence-electron chi connectivity index (χ1n) is 9.06. The zero-order chi connectivity index (χ0) is 17.5. The van der Waals surface area contributed by atoms with Crippen LogP contribution in [-0.2, 0) is 13.0 Å². The van der Waals surface area contributed by atoms with E-state index in [0.29, 0.717) is 6.54 Å². The first kappa shape index (κ1) is 17.5. The number of carbonyl (C=O) groups is 1. The minimum absolute atomic E-state index is 0.0629. The summed E-state index contributed by atoms with van der Waals surface area (Å²) in [7, 11) is 0. The van der Waals surface area contributed by atoms with Crippen molar-refractivity contribution in [1.82, 2.24) is 15.1 Å². The monoisotopic (exact) mass is 337 g/mol. The number of amides is 2. The van der Waals surface area contributed by atoms with Gasteiger partial charge < -0.3 is 10.2 Å². The Balaban J connectivity index is 1.39. The lowest BCUT2D eigenvalue weighted by atomic mass is 10.1. The van der Waals surface area contributed by atoms with E-state index in [1.165, 1.54) is 16.7 Å². The summed E-state index contributed by atoms with van der Waals surface area (Å²) >= 11 is 0. The fourth-order valence-corrected chi connectivity index (χ4v) is 3.26. The third-order valence-electron chi connectivity index (χ3n) is 4.84. The first-order valence-corrected chi connectivity index (χ1v) is 9.06. The lowest BCUT2D eigenvalue weighted by molar-refractivity contribution is 0.135. The molecule has 0 saturated carbocycles. The van der Waals surface area contributed by atoms with Gasteiger partial charge in [-0.2, -0.15) is 0 Å². The number of piperazine rings is 1. The minimum atomic E-state index is 0.0629. The van der Waals surface area contributed by atoms with E-state index in [2.05, 4.69) is 59.6 Å². The molecule has 0 radical (unpaired) electrons. The summed E-state index contributed by atoms with van der Waals surface area (Å²) in [4.78, 5) is 16.7. The highest BCUT2D eigenvalue weighted by Gasteiger charge is 2.20. The lowest BCUT2D eigenvalue weighted by Crippen LogP contribution is -2.51. The van der Waals surface area contributed by atoms with Crippen molar-refractivity contribution in [1.29, 1.82) is 0 Å². The number of benzene rings is 2. The highest BCUT2D eigenvalue weighted by molar-refractivity contribution is 5.74. The summed E-state index contributed by atoms with van der Waals surface area (Å²) in [5.41, 5.74) is 3.92. The van der Waals surface area contributed by atoms with E-state index in [4.69, 9.17) is 0 Å². The molecule has 0 bridgehead atoms. The predicted octanol–water partition coefficient (Wildman–Crippen LogP) is 3.06. The SMILES string of the molecule is Cc1ccccc1CCNC(=O)N1CCN(Cc2ccccc2)CC1. The zero-order valence-corrected chi connectivity index (χ0v) is 14.9. The summed E-state index contributed by atoms with van der Waals surface area (Å²) in [5.74, 6) is 0. The van der Waals surface area contributed by atoms with Crippen molar-refractivity contribution in [2.24, 2.45) is 0 Å². The maximum absolute atomic E-state index is 12.3. The molecule has 0 unspecified atom stereocenters. The molecule has 4 nitrogen and oxygen atoms in total. The molecule has 4 heteroatoms. The third kappa shape index (κ3) is 5.07. The molecule has 0 aromatic heterocycles. The quantitative estimate of drug-likeness (QED) is 0.910. The number of nitrogens with zero attached hydrogens (tertiary/aromatic N) is 2. The van der Waals surface area contributed by atoms with Crippen LogP contribution in [0.2, 0.25) is 0 Å². The van der Waals surface area contributed by atoms with Gasteiger partial charge in [0.25, 0.3) is 0 Å². The van der Waals surface area contributed by atoms with E-state index >= 15 is 0 Å². The van der Waals surface area contributed by atoms with Gasteiger partial charge in [-0.3, -0.25) is 4.90 Å². The van der Waals surface area contributed by atoms with Crippen LogP contribution < -0.4 is 5.32 Å². The van der Waals surface area contributed by atoms with Crippen molar-refractivity contribution in [3.63, 3.8) is 0 Å². The van der Waals surface area contributed by atoms with Crippen LogP contribution in [0.15, 0.2) is 54.6 Å². The highest BCUT2D eigenvalue weighted by Crippen LogP contribution is 2.09. The van der Waals surface area contributed by atoms with Crippen LogP contribution in [0.1, 0.15) is 16.7 Å². The Morgan fingerprint density at radius 3 is 2.36 bits per heavy atom. The number of aryl methyl sites for hydroxylation is 1. The van der Waals surface area contributed by atoms with Gasteiger partial charge in [0.05, 0.1) is 0 Å². The molecule has 0 aliphatic carbocycles. The van der Waals surface area contributed by atoms with E-state index in [1.807, 2.05) is 17.0 Å². The summed E-state index contributed by atoms with van der Waals surface area (Å²) in [6.45, 7) is 7.22. The summed E-state index contributed by atoms with van der Waals surface area (Å²) < 4.78 is 0. The van der Waals surface area contributed by atoms with Gasteiger partial charge in [0.2, 0.25) is 0 Å². The molecular weight excluding hydrogens is 310 g/mol. The van der Waals surface area contributed by atoms with Gasteiger partial charge in [-0.25, -0.2) is 4.79 Å². The maximum Gasteiger partial charge on any atom is 0.317 e. The van der Waals surface area contributed by atoms with Gasteiger partial charge in [0, 0.05) is 39.3 Å². The highest BCUT2D eigenvalue weighted by atomic mass is 16.2. The zero-order valence-electron chi connectivity index (χ0n) is 14.9. The molecular formula is C21H27N3O. The molecule has 1 saturated heterocycles. The van der Waals surface area contributed by atoms with E-state index < -0.39 is 0 Å². The largest absolute Gasteiger partial charge is 0.338 e. The lowest BCUT2D eigenvalue weighted by Gasteiger charge is -2.34. The van der Waals surface area contributed by atoms with Crippen molar-refractivity contribution in [3.05, 3.63) is 71.3 Å². The molecule has 25 heavy (non-hydrogen) atoms. The molecule has 0 atom stereocenters. The van der Waals surface area contributed by atoms with Gasteiger partial charge >= 0.3 is 6.03 Å². The molecule has 2 amide bonds. The van der Waals surface area contributed by atoms with Gasteiger partial charge in [-0.05, 0) is 30.0 Å². The van der Waals surface area contributed by atoms with Crippen LogP contribution >= 0.6 is 0 Å². The standard InChI is InChI=1S/C21H27N3O/c1-18-7-5-6-10-20(18)11-12-22-21(25)24-15-13-23(14-16-24)17-19-8-3-2-4-9-19/h2-10H,11-17H2,1H3,(H,22,25). The van der Waals surface area contributed by atoms with E-state index in [1.54, 1.807) is 0 Å². The molecule has 2 aromatic rings. The number of urea groups is 1. The average Bonchev–Trinajstić information content (AvgIpc) is 2.65. The summed E-state index contributed by atoms with van der Waals surface area (Å²) in [6.07, 6.45) is 0.881. The fourth-order valence-electron chi connectivity index (χ4n) is 3.26. The molecule has 1 heterocycles. The van der Waals surface area contributed by atoms with Gasteiger partial charge in [0.1, 0.15) is 0 Å². The van der Waals surface area contributed by atoms with Crippen LogP contribution in [0.25, 0.3) is 0 Å². The van der Waals surface area contributed by atoms with Gasteiger partial charge in [-0.1, -0.05) is 54.6 Å². The number of hydrogen-bond acceptors (Lipinski definition) is 2. The smallest absolute Gasteiger partial charge is 0.317 e. The normalized spacial score (nSPS) is 15.2. The van der Waals surface area contributed by atoms with Crippen LogP contribution in [-0.4, -0.2) is 48.6 Å². The molecule has 132 valence electrons. The summed E-state index contributed by atoms with van der Waals surface area (Å²) in [5, 5.41) is 3.06. The molecule has 2 aromatic carbocycles. The molecule has 0 spiro atoms. The number of carbonyl (C=O) groups excluding carboxylic acids is 1. The Labute approximate surface area is 150 Å². The molecule has 1 aliphatic heterocycles. The van der Waals surface area contributed by atoms with Crippen LogP contribution in [0.3, 0.4) is 0 Å². The molecule has 1 fully saturated rings. The van der Waals surface area contributed by atoms with Crippen molar-refractivity contribution in [2.45, 2.75) is 19.9 Å². The number of nitrogens with one attached hydrogen (secondary N) is 1. The number of hydrogen-bond donors (Lipinski definition) is 1. The third-order valence-corrected chi connectivity index (χ3v) is 4.84. The van der Waals surface area contributed by atoms with Crippen molar-refractivity contribution in [3.8, 4) is 0 Å². The topological polar surface area (TPSA) is 35.6 Å². The fraction of sp³-hybridized carbons (Fsp3) is 0.381. The molecule has 1 aliphatic rings. The molecule has 1 N–H and O–H groups in total. The second-order valence-electron chi connectivity index (χ2n) is 6.66. The van der Waals surface area contributed by atoms with Crippen molar-refractivity contribution >= 4 is 6.03 Å². The van der Waals surface area contributed by atoms with Crippen LogP contribution in [0, 0.1) is 6.92 Å². The van der Waals surface area contributed by atoms with Crippen LogP contribution in [0.4, 0.5) is 4.79 Å². The van der Waals surface area contributed by atoms with Gasteiger partial charge in [0.15, 0.2) is 0 Å². The van der Waals surface area contributed by atoms with E-state index in [-0.39, 0.29) is 6.03 Å². The minimum Gasteiger partial charge on any atom is -0.338 e. The first-order chi connectivity index (χ1) is 12.2. The predicted molar refractivity (Wildman–Crippen MR) is 102 cm³/mol. The maximum atomic E-state index is 12.3. The number of rotatable bonds is 5. The Bertz CT molecular complexity index is 679. The van der Waals surface area contributed by atoms with Crippen LogP contribution in [0.5, 0.6) is 0 Å². The Morgan fingerprint density at radius 2 is 1.64 bits per heavy atom. The summed E-state index contributed by atoms with van der Waals surface area (Å²) in [6, 6.07) is 18.9. The van der Waals surface area contributed by atoms with Crippen molar-refractivity contribution < 1.29 is 4.79 Å². The van der Waals surface area contributed by atoms with Crippen molar-refractivity contribution in [2.75, 3.05) is 32.7 Å². The Kier molecular flexibility index (Phi) is 6.07. The molecule has 3 rings (SSSR count). The Morgan fingerprint density at radius 1 is 0.960 bits per heavy atom. The van der Waals surface area contributed by atoms with E-state index in [0.717, 1.165) is 39.1 Å². The Hall–Kier alpha value is -2.33. The van der Waals surface area contributed by atoms with E-state index in [9.17, 15) is 4.79 Å². The second kappa shape index (κ2) is 8.67. The van der Waals surface area contributed by atoms with Gasteiger partial charge in [-0.15, -0.1) is 0 Å².